The van der Waals surface area contributed by atoms with Crippen molar-refractivity contribution in [3.63, 3.8) is 0 Å². The molecule has 25 heavy (non-hydrogen) atoms. The topological polar surface area (TPSA) is 98.8 Å². The van der Waals surface area contributed by atoms with E-state index in [9.17, 15) is 22.4 Å². The lowest BCUT2D eigenvalue weighted by Crippen LogP contribution is -2.34. The molecule has 1 atom stereocenters. The average molecular weight is 373 g/mol. The molecule has 1 aromatic carbocycles. The minimum absolute atomic E-state index is 0.0134. The van der Waals surface area contributed by atoms with E-state index in [-0.39, 0.29) is 11.0 Å². The Balaban J connectivity index is 1.69. The van der Waals surface area contributed by atoms with Crippen LogP contribution in [0.25, 0.3) is 0 Å². The highest BCUT2D eigenvalue weighted by Gasteiger charge is 2.19. The van der Waals surface area contributed by atoms with Crippen LogP contribution in [0.3, 0.4) is 0 Å². The van der Waals surface area contributed by atoms with Crippen molar-refractivity contribution in [1.29, 1.82) is 0 Å². The molecule has 0 bridgehead atoms. The van der Waals surface area contributed by atoms with Crippen molar-refractivity contribution in [2.75, 3.05) is 25.5 Å². The first-order valence-corrected chi connectivity index (χ1v) is 9.54. The summed E-state index contributed by atoms with van der Waals surface area (Å²) in [6.07, 6.45) is 1.43. The fourth-order valence-corrected chi connectivity index (χ4v) is 3.50. The van der Waals surface area contributed by atoms with Crippen LogP contribution in [0.4, 0.5) is 4.39 Å². The number of rotatable bonds is 8. The third kappa shape index (κ3) is 6.43. The summed E-state index contributed by atoms with van der Waals surface area (Å²) in [6, 6.07) is 4.33. The Bertz CT molecular complexity index is 698. The van der Waals surface area contributed by atoms with Gasteiger partial charge in [-0.05, 0) is 37.1 Å². The molecule has 2 rings (SSSR count). The Morgan fingerprint density at radius 2 is 2.00 bits per heavy atom. The van der Waals surface area contributed by atoms with Gasteiger partial charge in [-0.15, -0.1) is 0 Å². The molecule has 0 unspecified atom stereocenters. The van der Waals surface area contributed by atoms with Gasteiger partial charge in [-0.1, -0.05) is 0 Å². The number of esters is 1. The smallest absolute Gasteiger partial charge is 0.307 e. The van der Waals surface area contributed by atoms with Gasteiger partial charge in [-0.3, -0.25) is 9.59 Å². The van der Waals surface area contributed by atoms with Gasteiger partial charge in [-0.2, -0.15) is 0 Å². The molecule has 7 nitrogen and oxygen atoms in total. The first-order chi connectivity index (χ1) is 11.9. The number of hydrogen-bond acceptors (Lipinski definition) is 6. The number of carbonyl (C=O) groups excluding carboxylic acids is 2. The van der Waals surface area contributed by atoms with Crippen molar-refractivity contribution in [3.05, 3.63) is 30.1 Å². The van der Waals surface area contributed by atoms with Crippen LogP contribution >= 0.6 is 0 Å². The number of hydrogen-bond donors (Lipinski definition) is 1. The number of sulfone groups is 1. The predicted octanol–water partition coefficient (Wildman–Crippen LogP) is 0.828. The van der Waals surface area contributed by atoms with Gasteiger partial charge in [0.05, 0.1) is 23.2 Å². The third-order valence-electron chi connectivity index (χ3n) is 3.66. The predicted molar refractivity (Wildman–Crippen MR) is 86.0 cm³/mol. The maximum atomic E-state index is 12.8. The molecule has 138 valence electrons. The zero-order chi connectivity index (χ0) is 18.3. The second kappa shape index (κ2) is 8.91. The van der Waals surface area contributed by atoms with Crippen molar-refractivity contribution in [2.24, 2.45) is 0 Å². The normalized spacial score (nSPS) is 17.2. The number of ether oxygens (including phenoxy) is 2. The standard InChI is InChI=1S/C16H20FNO6S/c17-12-3-5-14(6-4-12)25(21,22)9-7-16(20)24-11-15(19)18-10-13-2-1-8-23-13/h3-6,13H,1-2,7-11H2,(H,18,19)/t13-/m1/s1. The minimum Gasteiger partial charge on any atom is -0.456 e. The van der Waals surface area contributed by atoms with E-state index in [0.717, 1.165) is 37.1 Å². The van der Waals surface area contributed by atoms with Crippen LogP contribution in [-0.4, -0.2) is 51.9 Å². The quantitative estimate of drug-likeness (QED) is 0.535. The van der Waals surface area contributed by atoms with Gasteiger partial charge in [0.25, 0.3) is 5.91 Å². The number of benzene rings is 1. The van der Waals surface area contributed by atoms with Crippen LogP contribution < -0.4 is 5.32 Å². The maximum Gasteiger partial charge on any atom is 0.307 e. The fourth-order valence-electron chi connectivity index (χ4n) is 2.28. The largest absolute Gasteiger partial charge is 0.456 e. The Hall–Kier alpha value is -2.00. The van der Waals surface area contributed by atoms with Crippen molar-refractivity contribution >= 4 is 21.7 Å². The molecule has 1 heterocycles. The van der Waals surface area contributed by atoms with Gasteiger partial charge in [-0.25, -0.2) is 12.8 Å². The summed E-state index contributed by atoms with van der Waals surface area (Å²) in [5.74, 6) is -2.29. The van der Waals surface area contributed by atoms with Crippen molar-refractivity contribution < 1.29 is 31.9 Å². The monoisotopic (exact) mass is 373 g/mol. The highest BCUT2D eigenvalue weighted by molar-refractivity contribution is 7.91. The molecule has 0 spiro atoms. The zero-order valence-electron chi connectivity index (χ0n) is 13.6. The molecule has 0 aromatic heterocycles. The van der Waals surface area contributed by atoms with E-state index in [1.165, 1.54) is 0 Å². The molecule has 0 saturated carbocycles. The zero-order valence-corrected chi connectivity index (χ0v) is 14.4. The van der Waals surface area contributed by atoms with Gasteiger partial charge in [0, 0.05) is 13.2 Å². The second-order valence-electron chi connectivity index (χ2n) is 5.62. The summed E-state index contributed by atoms with van der Waals surface area (Å²) in [7, 11) is -3.72. The van der Waals surface area contributed by atoms with Gasteiger partial charge >= 0.3 is 5.97 Å². The minimum atomic E-state index is -3.72. The van der Waals surface area contributed by atoms with Gasteiger partial charge < -0.3 is 14.8 Å². The molecule has 0 radical (unpaired) electrons. The lowest BCUT2D eigenvalue weighted by molar-refractivity contribution is -0.148. The summed E-state index contributed by atoms with van der Waals surface area (Å²) >= 11 is 0. The number of amides is 1. The highest BCUT2D eigenvalue weighted by atomic mass is 32.2. The molecule has 1 aliphatic heterocycles. The summed E-state index contributed by atoms with van der Waals surface area (Å²) in [5, 5.41) is 2.59. The Morgan fingerprint density at radius 3 is 2.64 bits per heavy atom. The van der Waals surface area contributed by atoms with Crippen molar-refractivity contribution in [1.82, 2.24) is 5.32 Å². The molecule has 1 saturated heterocycles. The first kappa shape index (κ1) is 19.3. The molecule has 1 N–H and O–H groups in total. The lowest BCUT2D eigenvalue weighted by Gasteiger charge is -2.11. The molecular formula is C16H20FNO6S. The van der Waals surface area contributed by atoms with Crippen molar-refractivity contribution in [2.45, 2.75) is 30.3 Å². The van der Waals surface area contributed by atoms with Crippen LogP contribution in [0.1, 0.15) is 19.3 Å². The summed E-state index contributed by atoms with van der Waals surface area (Å²) < 4.78 is 46.9. The average Bonchev–Trinajstić information content (AvgIpc) is 3.10. The van der Waals surface area contributed by atoms with Crippen molar-refractivity contribution in [3.8, 4) is 0 Å². The van der Waals surface area contributed by atoms with Crippen LogP contribution in [0, 0.1) is 5.82 Å². The van der Waals surface area contributed by atoms with Crippen LogP contribution in [0.5, 0.6) is 0 Å². The number of nitrogens with one attached hydrogen (secondary N) is 1. The fraction of sp³-hybridized carbons (Fsp3) is 0.500. The van der Waals surface area contributed by atoms with Gasteiger partial charge in [0.15, 0.2) is 16.4 Å². The van der Waals surface area contributed by atoms with E-state index in [2.05, 4.69) is 5.32 Å². The second-order valence-corrected chi connectivity index (χ2v) is 7.73. The highest BCUT2D eigenvalue weighted by Crippen LogP contribution is 2.13. The first-order valence-electron chi connectivity index (χ1n) is 7.89. The molecule has 0 aliphatic carbocycles. The number of carbonyl (C=O) groups is 2. The summed E-state index contributed by atoms with van der Waals surface area (Å²) in [5.41, 5.74) is 0. The molecule has 1 aromatic rings. The van der Waals surface area contributed by atoms with E-state index >= 15 is 0 Å². The van der Waals surface area contributed by atoms with E-state index in [1.54, 1.807) is 0 Å². The van der Waals surface area contributed by atoms with Crippen LogP contribution in [0.15, 0.2) is 29.2 Å². The van der Waals surface area contributed by atoms with Crippen LogP contribution in [-0.2, 0) is 28.9 Å². The Morgan fingerprint density at radius 1 is 1.28 bits per heavy atom. The van der Waals surface area contributed by atoms with E-state index in [4.69, 9.17) is 9.47 Å². The van der Waals surface area contributed by atoms with E-state index in [1.807, 2.05) is 0 Å². The molecule has 1 amide bonds. The van der Waals surface area contributed by atoms with E-state index in [0.29, 0.717) is 13.2 Å². The Kier molecular flexibility index (Phi) is 6.89. The molecule has 1 fully saturated rings. The molecular weight excluding hydrogens is 353 g/mol. The summed E-state index contributed by atoms with van der Waals surface area (Å²) in [4.78, 5) is 23.1. The number of halogens is 1. The van der Waals surface area contributed by atoms with E-state index < -0.39 is 46.3 Å². The lowest BCUT2D eigenvalue weighted by atomic mass is 10.2. The third-order valence-corrected chi connectivity index (χ3v) is 5.39. The van der Waals surface area contributed by atoms with Gasteiger partial charge in [0.2, 0.25) is 0 Å². The SMILES string of the molecule is O=C(COC(=O)CCS(=O)(=O)c1ccc(F)cc1)NC[C@H]1CCCO1. The molecule has 1 aliphatic rings. The van der Waals surface area contributed by atoms with Gasteiger partial charge in [0.1, 0.15) is 5.82 Å². The molecule has 9 heteroatoms. The Labute approximate surface area is 145 Å². The maximum absolute atomic E-state index is 12.8. The summed E-state index contributed by atoms with van der Waals surface area (Å²) in [6.45, 7) is 0.565. The van der Waals surface area contributed by atoms with Crippen LogP contribution in [0.2, 0.25) is 0 Å².